The molecule has 0 aromatic carbocycles. The third-order valence-electron chi connectivity index (χ3n) is 1.87. The van der Waals surface area contributed by atoms with Gasteiger partial charge in [-0.1, -0.05) is 0 Å². The van der Waals surface area contributed by atoms with Crippen LogP contribution in [0.15, 0.2) is 36.9 Å². The Balaban J connectivity index is 2.32. The second kappa shape index (κ2) is 4.10. The number of nitrogens with zero attached hydrogens (tertiary/aromatic N) is 3. The van der Waals surface area contributed by atoms with Crippen LogP contribution in [0.2, 0.25) is 0 Å². The number of hydrogen-bond donors (Lipinski definition) is 1. The van der Waals surface area contributed by atoms with Crippen LogP contribution in [-0.4, -0.2) is 20.1 Å². The topological polar surface area (TPSA) is 58.9 Å². The van der Waals surface area contributed by atoms with E-state index in [1.807, 2.05) is 0 Å². The van der Waals surface area contributed by atoms with Crippen molar-refractivity contribution in [3.8, 4) is 0 Å². The molecule has 0 radical (unpaired) electrons. The highest BCUT2D eigenvalue weighted by Gasteiger charge is 2.13. The second-order valence-corrected chi connectivity index (χ2v) is 2.95. The minimum absolute atomic E-state index is 0.227. The molecule has 1 atom stereocenters. The summed E-state index contributed by atoms with van der Waals surface area (Å²) in [5, 5.41) is 9.78. The lowest BCUT2D eigenvalue weighted by atomic mass is 10.1. The molecule has 1 unspecified atom stereocenters. The van der Waals surface area contributed by atoms with Gasteiger partial charge in [0.15, 0.2) is 5.82 Å². The van der Waals surface area contributed by atoms with E-state index in [9.17, 15) is 9.50 Å². The van der Waals surface area contributed by atoms with Crippen LogP contribution in [0.1, 0.15) is 17.5 Å². The molecule has 0 aliphatic heterocycles. The lowest BCUT2D eigenvalue weighted by Gasteiger charge is -2.07. The Morgan fingerprint density at radius 3 is 2.60 bits per heavy atom. The minimum Gasteiger partial charge on any atom is -0.380 e. The summed E-state index contributed by atoms with van der Waals surface area (Å²) in [7, 11) is 0. The quantitative estimate of drug-likeness (QED) is 0.797. The molecule has 4 nitrogen and oxygen atoms in total. The van der Waals surface area contributed by atoms with E-state index >= 15 is 0 Å². The van der Waals surface area contributed by atoms with Gasteiger partial charge in [-0.15, -0.1) is 0 Å². The molecule has 2 heterocycles. The number of aliphatic hydroxyl groups excluding tert-OH is 1. The maximum absolute atomic E-state index is 12.8. The van der Waals surface area contributed by atoms with Gasteiger partial charge in [0.25, 0.3) is 0 Å². The molecule has 0 aliphatic carbocycles. The van der Waals surface area contributed by atoms with Crippen molar-refractivity contribution in [2.24, 2.45) is 0 Å². The molecular weight excluding hydrogens is 197 g/mol. The van der Waals surface area contributed by atoms with Gasteiger partial charge in [0.2, 0.25) is 0 Å². The van der Waals surface area contributed by atoms with Crippen LogP contribution in [0.4, 0.5) is 4.39 Å². The first-order valence-corrected chi connectivity index (χ1v) is 4.33. The van der Waals surface area contributed by atoms with E-state index in [0.29, 0.717) is 5.56 Å². The average molecular weight is 205 g/mol. The molecule has 0 saturated heterocycles. The number of rotatable bonds is 2. The van der Waals surface area contributed by atoms with Gasteiger partial charge in [-0.25, -0.2) is 14.4 Å². The van der Waals surface area contributed by atoms with Crippen molar-refractivity contribution in [2.45, 2.75) is 6.10 Å². The average Bonchev–Trinajstić information content (AvgIpc) is 2.29. The van der Waals surface area contributed by atoms with E-state index < -0.39 is 11.9 Å². The van der Waals surface area contributed by atoms with Crippen molar-refractivity contribution in [3.63, 3.8) is 0 Å². The summed E-state index contributed by atoms with van der Waals surface area (Å²) in [6, 6.07) is 2.84. The Labute approximate surface area is 85.5 Å². The van der Waals surface area contributed by atoms with Crippen LogP contribution in [0.25, 0.3) is 0 Å². The fraction of sp³-hybridized carbons (Fsp3) is 0.100. The Morgan fingerprint density at radius 1 is 1.20 bits per heavy atom. The lowest BCUT2D eigenvalue weighted by Crippen LogP contribution is -2.05. The molecule has 0 saturated carbocycles. The third kappa shape index (κ3) is 2.13. The maximum atomic E-state index is 12.8. The van der Waals surface area contributed by atoms with Gasteiger partial charge in [0.1, 0.15) is 11.9 Å². The van der Waals surface area contributed by atoms with Crippen LogP contribution < -0.4 is 0 Å². The third-order valence-corrected chi connectivity index (χ3v) is 1.87. The number of halogens is 1. The highest BCUT2D eigenvalue weighted by Crippen LogP contribution is 2.17. The summed E-state index contributed by atoms with van der Waals surface area (Å²) in [6.07, 6.45) is 4.43. The van der Waals surface area contributed by atoms with Crippen molar-refractivity contribution < 1.29 is 9.50 Å². The Hall–Kier alpha value is -1.88. The smallest absolute Gasteiger partial charge is 0.161 e. The van der Waals surface area contributed by atoms with E-state index in [4.69, 9.17) is 0 Å². The number of hydrogen-bond acceptors (Lipinski definition) is 4. The highest BCUT2D eigenvalue weighted by molar-refractivity contribution is 5.19. The van der Waals surface area contributed by atoms with Crippen LogP contribution in [0.5, 0.6) is 0 Å². The van der Waals surface area contributed by atoms with Crippen molar-refractivity contribution in [3.05, 3.63) is 54.1 Å². The summed E-state index contributed by atoms with van der Waals surface area (Å²) in [6.45, 7) is 0. The van der Waals surface area contributed by atoms with Gasteiger partial charge < -0.3 is 5.11 Å². The lowest BCUT2D eigenvalue weighted by molar-refractivity contribution is 0.209. The fourth-order valence-electron chi connectivity index (χ4n) is 1.18. The van der Waals surface area contributed by atoms with Crippen LogP contribution in [-0.2, 0) is 0 Å². The normalized spacial score (nSPS) is 12.4. The molecule has 5 heteroatoms. The second-order valence-electron chi connectivity index (χ2n) is 2.95. The van der Waals surface area contributed by atoms with E-state index in [-0.39, 0.29) is 5.82 Å². The molecule has 1 N–H and O–H groups in total. The van der Waals surface area contributed by atoms with E-state index in [0.717, 1.165) is 6.20 Å². The molecule has 2 aromatic heterocycles. The van der Waals surface area contributed by atoms with Crippen LogP contribution >= 0.6 is 0 Å². The summed E-state index contributed by atoms with van der Waals surface area (Å²) < 4.78 is 12.8. The summed E-state index contributed by atoms with van der Waals surface area (Å²) in [5.41, 5.74) is 0.334. The van der Waals surface area contributed by atoms with Gasteiger partial charge in [0.05, 0.1) is 6.20 Å². The summed E-state index contributed by atoms with van der Waals surface area (Å²) >= 11 is 0. The van der Waals surface area contributed by atoms with Gasteiger partial charge in [-0.05, 0) is 12.1 Å². The summed E-state index contributed by atoms with van der Waals surface area (Å²) in [4.78, 5) is 11.4. The Morgan fingerprint density at radius 2 is 1.93 bits per heavy atom. The molecule has 15 heavy (non-hydrogen) atoms. The fourth-order valence-corrected chi connectivity index (χ4v) is 1.18. The van der Waals surface area contributed by atoms with Gasteiger partial charge in [0, 0.05) is 24.2 Å². The van der Waals surface area contributed by atoms with Crippen molar-refractivity contribution >= 4 is 0 Å². The minimum atomic E-state index is -1.05. The van der Waals surface area contributed by atoms with Gasteiger partial charge in [-0.2, -0.15) is 0 Å². The predicted octanol–water partition coefficient (Wildman–Crippen LogP) is 1.09. The molecule has 2 rings (SSSR count). The van der Waals surface area contributed by atoms with Gasteiger partial charge in [-0.3, -0.25) is 4.98 Å². The first-order valence-electron chi connectivity index (χ1n) is 4.33. The van der Waals surface area contributed by atoms with Crippen LogP contribution in [0, 0.1) is 5.82 Å². The number of aliphatic hydroxyl groups is 1. The molecule has 0 fully saturated rings. The highest BCUT2D eigenvalue weighted by atomic mass is 19.1. The van der Waals surface area contributed by atoms with E-state index in [1.165, 1.54) is 24.7 Å². The molecule has 2 aromatic rings. The predicted molar refractivity (Wildman–Crippen MR) is 50.3 cm³/mol. The largest absolute Gasteiger partial charge is 0.380 e. The van der Waals surface area contributed by atoms with Crippen molar-refractivity contribution in [1.29, 1.82) is 0 Å². The van der Waals surface area contributed by atoms with E-state index in [2.05, 4.69) is 15.0 Å². The van der Waals surface area contributed by atoms with E-state index in [1.54, 1.807) is 6.07 Å². The number of pyridine rings is 1. The standard InChI is InChI=1S/C10H8FN3O/c11-8-4-7(5-12-6-8)9(15)10-13-2-1-3-14-10/h1-6,9,15H. The molecule has 0 amide bonds. The first-order chi connectivity index (χ1) is 7.27. The number of aromatic nitrogens is 3. The molecule has 0 aliphatic rings. The zero-order valence-electron chi connectivity index (χ0n) is 7.71. The zero-order valence-corrected chi connectivity index (χ0v) is 7.71. The molecule has 0 bridgehead atoms. The van der Waals surface area contributed by atoms with Gasteiger partial charge >= 0.3 is 0 Å². The molecule has 76 valence electrons. The SMILES string of the molecule is OC(c1cncc(F)c1)c1ncccn1. The first kappa shape index (κ1) is 9.67. The van der Waals surface area contributed by atoms with Crippen molar-refractivity contribution in [1.82, 2.24) is 15.0 Å². The van der Waals surface area contributed by atoms with Crippen molar-refractivity contribution in [2.75, 3.05) is 0 Å². The summed E-state index contributed by atoms with van der Waals surface area (Å²) in [5.74, 6) is -0.271. The van der Waals surface area contributed by atoms with Crippen LogP contribution in [0.3, 0.4) is 0 Å². The Bertz CT molecular complexity index is 449. The molecule has 0 spiro atoms. The maximum Gasteiger partial charge on any atom is 0.161 e. The zero-order chi connectivity index (χ0) is 10.7. The monoisotopic (exact) mass is 205 g/mol. The molecular formula is C10H8FN3O. The Kier molecular flexibility index (Phi) is 2.64.